The molecule has 1 aromatic rings. The molecule has 2 rings (SSSR count). The molecular formula is C10H18N4O. The molecule has 1 aliphatic rings. The topological polar surface area (TPSA) is 77.0 Å². The van der Waals surface area contributed by atoms with Crippen LogP contribution in [-0.4, -0.2) is 16.2 Å². The van der Waals surface area contributed by atoms with Gasteiger partial charge in [-0.25, -0.2) is 0 Å². The lowest BCUT2D eigenvalue weighted by Gasteiger charge is -2.30. The fourth-order valence-electron chi connectivity index (χ4n) is 2.34. The van der Waals surface area contributed by atoms with Gasteiger partial charge in [0.2, 0.25) is 0 Å². The maximum atomic E-state index is 5.37. The molecule has 0 amide bonds. The zero-order valence-corrected chi connectivity index (χ0v) is 9.07. The molecule has 0 aromatic carbocycles. The third-order valence-electron chi connectivity index (χ3n) is 3.18. The summed E-state index contributed by atoms with van der Waals surface area (Å²) in [5, 5.41) is 10.7. The molecule has 1 aliphatic carbocycles. The highest BCUT2D eigenvalue weighted by Crippen LogP contribution is 2.29. The van der Waals surface area contributed by atoms with E-state index < -0.39 is 0 Å². The summed E-state index contributed by atoms with van der Waals surface area (Å²) in [7, 11) is 0. The first-order chi connectivity index (χ1) is 7.29. The van der Waals surface area contributed by atoms with Crippen LogP contribution in [0.25, 0.3) is 0 Å². The molecule has 2 unspecified atom stereocenters. The van der Waals surface area contributed by atoms with E-state index in [2.05, 4.69) is 22.4 Å². The number of nitrogen functional groups attached to an aromatic ring is 1. The third kappa shape index (κ3) is 2.40. The van der Waals surface area contributed by atoms with Crippen molar-refractivity contribution in [2.24, 2.45) is 5.92 Å². The van der Waals surface area contributed by atoms with Gasteiger partial charge in [-0.2, -0.15) is 0 Å². The molecule has 1 fully saturated rings. The zero-order valence-electron chi connectivity index (χ0n) is 9.07. The maximum Gasteiger partial charge on any atom is 0.317 e. The zero-order chi connectivity index (χ0) is 10.7. The standard InChI is InChI=1S/C10H18N4O/c1-2-7-5-3-4-6-8(7)12-10-14-13-9(11)15-10/h7-8H,2-6H2,1H3,(H2,11,13)(H,12,14). The monoisotopic (exact) mass is 210 g/mol. The number of nitrogens with one attached hydrogen (secondary N) is 1. The predicted octanol–water partition coefficient (Wildman–Crippen LogP) is 2.03. The number of nitrogens with two attached hydrogens (primary N) is 1. The van der Waals surface area contributed by atoms with Gasteiger partial charge in [0.15, 0.2) is 0 Å². The summed E-state index contributed by atoms with van der Waals surface area (Å²) in [5.41, 5.74) is 5.37. The van der Waals surface area contributed by atoms with Crippen molar-refractivity contribution in [1.82, 2.24) is 10.2 Å². The Morgan fingerprint density at radius 3 is 2.87 bits per heavy atom. The Morgan fingerprint density at radius 2 is 2.20 bits per heavy atom. The highest BCUT2D eigenvalue weighted by molar-refractivity contribution is 5.24. The van der Waals surface area contributed by atoms with Crippen molar-refractivity contribution < 1.29 is 4.42 Å². The van der Waals surface area contributed by atoms with E-state index in [0.29, 0.717) is 18.0 Å². The van der Waals surface area contributed by atoms with Gasteiger partial charge < -0.3 is 15.5 Å². The average molecular weight is 210 g/mol. The van der Waals surface area contributed by atoms with E-state index in [1.54, 1.807) is 0 Å². The summed E-state index contributed by atoms with van der Waals surface area (Å²) in [5.74, 6) is 0.715. The molecule has 1 aromatic heterocycles. The van der Waals surface area contributed by atoms with Crippen LogP contribution < -0.4 is 11.1 Å². The molecule has 5 heteroatoms. The van der Waals surface area contributed by atoms with E-state index in [4.69, 9.17) is 10.2 Å². The second-order valence-electron chi connectivity index (χ2n) is 4.15. The first kappa shape index (κ1) is 10.3. The van der Waals surface area contributed by atoms with Crippen LogP contribution in [0.15, 0.2) is 4.42 Å². The van der Waals surface area contributed by atoms with Crippen molar-refractivity contribution in [3.63, 3.8) is 0 Å². The van der Waals surface area contributed by atoms with Crippen LogP contribution >= 0.6 is 0 Å². The van der Waals surface area contributed by atoms with Crippen molar-refractivity contribution in [3.05, 3.63) is 0 Å². The van der Waals surface area contributed by atoms with Crippen LogP contribution in [0.1, 0.15) is 39.0 Å². The smallest absolute Gasteiger partial charge is 0.317 e. The minimum absolute atomic E-state index is 0.126. The molecule has 0 radical (unpaired) electrons. The lowest BCUT2D eigenvalue weighted by atomic mass is 9.83. The van der Waals surface area contributed by atoms with Crippen molar-refractivity contribution >= 4 is 12.0 Å². The number of rotatable bonds is 3. The Hall–Kier alpha value is -1.26. The lowest BCUT2D eigenvalue weighted by molar-refractivity contribution is 0.312. The van der Waals surface area contributed by atoms with Gasteiger partial charge >= 0.3 is 12.0 Å². The maximum absolute atomic E-state index is 5.37. The number of hydrogen-bond donors (Lipinski definition) is 2. The van der Waals surface area contributed by atoms with Gasteiger partial charge in [0.05, 0.1) is 0 Å². The minimum Gasteiger partial charge on any atom is -0.390 e. The van der Waals surface area contributed by atoms with Gasteiger partial charge in [0.1, 0.15) is 0 Å². The average Bonchev–Trinajstić information content (AvgIpc) is 2.65. The quantitative estimate of drug-likeness (QED) is 0.798. The van der Waals surface area contributed by atoms with Crippen molar-refractivity contribution in [2.75, 3.05) is 11.1 Å². The van der Waals surface area contributed by atoms with Crippen molar-refractivity contribution in [1.29, 1.82) is 0 Å². The SMILES string of the molecule is CCC1CCCCC1Nc1nnc(N)o1. The molecule has 0 bridgehead atoms. The van der Waals surface area contributed by atoms with Crippen LogP contribution in [0.3, 0.4) is 0 Å². The number of aromatic nitrogens is 2. The second kappa shape index (κ2) is 4.51. The number of nitrogens with zero attached hydrogens (tertiary/aromatic N) is 2. The van der Waals surface area contributed by atoms with E-state index in [0.717, 1.165) is 0 Å². The summed E-state index contributed by atoms with van der Waals surface area (Å²) in [6, 6.07) is 1.04. The van der Waals surface area contributed by atoms with Crippen LogP contribution in [0.5, 0.6) is 0 Å². The van der Waals surface area contributed by atoms with E-state index >= 15 is 0 Å². The van der Waals surface area contributed by atoms with E-state index in [-0.39, 0.29) is 6.01 Å². The first-order valence-corrected chi connectivity index (χ1v) is 5.65. The Balaban J connectivity index is 1.97. The highest BCUT2D eigenvalue weighted by Gasteiger charge is 2.24. The van der Waals surface area contributed by atoms with Crippen LogP contribution in [0.2, 0.25) is 0 Å². The first-order valence-electron chi connectivity index (χ1n) is 5.65. The second-order valence-corrected chi connectivity index (χ2v) is 4.15. The summed E-state index contributed by atoms with van der Waals surface area (Å²) in [6.07, 6.45) is 6.28. The van der Waals surface area contributed by atoms with Gasteiger partial charge in [-0.3, -0.25) is 0 Å². The summed E-state index contributed by atoms with van der Waals surface area (Å²) in [6.45, 7) is 2.23. The van der Waals surface area contributed by atoms with Crippen LogP contribution in [-0.2, 0) is 0 Å². The molecule has 0 spiro atoms. The molecule has 15 heavy (non-hydrogen) atoms. The minimum atomic E-state index is 0.126. The number of anilines is 2. The van der Waals surface area contributed by atoms with E-state index in [9.17, 15) is 0 Å². The predicted molar refractivity (Wildman–Crippen MR) is 58.4 cm³/mol. The molecule has 3 N–H and O–H groups in total. The third-order valence-corrected chi connectivity index (χ3v) is 3.18. The summed E-state index contributed by atoms with van der Waals surface area (Å²) >= 11 is 0. The largest absolute Gasteiger partial charge is 0.390 e. The summed E-state index contributed by atoms with van der Waals surface area (Å²) in [4.78, 5) is 0. The Bertz CT molecular complexity index is 312. The van der Waals surface area contributed by atoms with E-state index in [1.165, 1.54) is 32.1 Å². The Kier molecular flexibility index (Phi) is 3.08. The normalized spacial score (nSPS) is 26.5. The Labute approximate surface area is 89.4 Å². The molecule has 1 heterocycles. The molecule has 84 valence electrons. The number of hydrogen-bond acceptors (Lipinski definition) is 5. The van der Waals surface area contributed by atoms with Crippen molar-refractivity contribution in [3.8, 4) is 0 Å². The van der Waals surface area contributed by atoms with Crippen LogP contribution in [0.4, 0.5) is 12.0 Å². The molecule has 1 saturated carbocycles. The summed E-state index contributed by atoms with van der Waals surface area (Å²) < 4.78 is 5.12. The van der Waals surface area contributed by atoms with Crippen LogP contribution in [0, 0.1) is 5.92 Å². The van der Waals surface area contributed by atoms with Gasteiger partial charge in [0.25, 0.3) is 0 Å². The Morgan fingerprint density at radius 1 is 1.40 bits per heavy atom. The van der Waals surface area contributed by atoms with E-state index in [1.807, 2.05) is 0 Å². The fourth-order valence-corrected chi connectivity index (χ4v) is 2.34. The lowest BCUT2D eigenvalue weighted by Crippen LogP contribution is -2.31. The van der Waals surface area contributed by atoms with Gasteiger partial charge in [0, 0.05) is 6.04 Å². The molecular weight excluding hydrogens is 192 g/mol. The van der Waals surface area contributed by atoms with Crippen molar-refractivity contribution in [2.45, 2.75) is 45.1 Å². The van der Waals surface area contributed by atoms with Gasteiger partial charge in [-0.15, -0.1) is 0 Å². The highest BCUT2D eigenvalue weighted by atomic mass is 16.4. The fraction of sp³-hybridized carbons (Fsp3) is 0.800. The molecule has 5 nitrogen and oxygen atoms in total. The molecule has 0 aliphatic heterocycles. The molecule has 0 saturated heterocycles. The molecule has 2 atom stereocenters. The van der Waals surface area contributed by atoms with Gasteiger partial charge in [-0.05, 0) is 18.8 Å². The van der Waals surface area contributed by atoms with Gasteiger partial charge in [-0.1, -0.05) is 36.4 Å².